The van der Waals surface area contributed by atoms with E-state index >= 15 is 0 Å². The van der Waals surface area contributed by atoms with Crippen molar-refractivity contribution >= 4 is 6.29 Å². The third kappa shape index (κ3) is 4.77. The molecule has 0 saturated heterocycles. The maximum atomic E-state index is 10.3. The third-order valence-corrected chi connectivity index (χ3v) is 1.92. The Balaban J connectivity index is 3.77. The molecule has 0 aliphatic carbocycles. The molecule has 64 valence electrons. The molecule has 0 radical (unpaired) electrons. The van der Waals surface area contributed by atoms with Crippen LogP contribution in [-0.2, 0) is 4.79 Å². The van der Waals surface area contributed by atoms with Gasteiger partial charge in [0.1, 0.15) is 6.29 Å². The second kappa shape index (κ2) is 6.14. The summed E-state index contributed by atoms with van der Waals surface area (Å²) in [7, 11) is 0. The predicted molar refractivity (Wildman–Crippen MR) is 48.5 cm³/mol. The van der Waals surface area contributed by atoms with Crippen LogP contribution in [0.3, 0.4) is 0 Å². The Morgan fingerprint density at radius 2 is 1.91 bits per heavy atom. The molecule has 0 aromatic heterocycles. The highest BCUT2D eigenvalue weighted by Gasteiger charge is 1.96. The molecular weight excluding hydrogens is 136 g/mol. The molecule has 0 amide bonds. The minimum Gasteiger partial charge on any atom is -0.303 e. The van der Waals surface area contributed by atoms with E-state index in [2.05, 4.69) is 19.9 Å². The van der Waals surface area contributed by atoms with E-state index in [1.165, 1.54) is 5.57 Å². The Labute approximate surface area is 69.5 Å². The second-order valence-electron chi connectivity index (χ2n) is 2.92. The monoisotopic (exact) mass is 154 g/mol. The lowest BCUT2D eigenvalue weighted by atomic mass is 10.0. The van der Waals surface area contributed by atoms with Crippen LogP contribution in [0.25, 0.3) is 0 Å². The average Bonchev–Trinajstić information content (AvgIpc) is 2.06. The lowest BCUT2D eigenvalue weighted by Crippen LogP contribution is -1.93. The van der Waals surface area contributed by atoms with Gasteiger partial charge in [0.25, 0.3) is 0 Å². The summed E-state index contributed by atoms with van der Waals surface area (Å²) in [4.78, 5) is 10.3. The molecule has 0 aliphatic heterocycles. The number of rotatable bonds is 5. The zero-order chi connectivity index (χ0) is 8.69. The standard InChI is InChI=1S/C10H18O/c1-4-10(5-2)7-6-9(3)8-11/h7-9H,4-6H2,1-3H3. The molecule has 0 aliphatic rings. The second-order valence-corrected chi connectivity index (χ2v) is 2.92. The largest absolute Gasteiger partial charge is 0.303 e. The molecule has 0 spiro atoms. The first-order chi connectivity index (χ1) is 5.24. The van der Waals surface area contributed by atoms with Gasteiger partial charge in [0.2, 0.25) is 0 Å². The molecule has 11 heavy (non-hydrogen) atoms. The predicted octanol–water partition coefficient (Wildman–Crippen LogP) is 2.96. The van der Waals surface area contributed by atoms with Crippen molar-refractivity contribution in [3.8, 4) is 0 Å². The lowest BCUT2D eigenvalue weighted by Gasteiger charge is -2.01. The summed E-state index contributed by atoms with van der Waals surface area (Å²) >= 11 is 0. The van der Waals surface area contributed by atoms with Crippen LogP contribution < -0.4 is 0 Å². The highest BCUT2D eigenvalue weighted by Crippen LogP contribution is 2.09. The summed E-state index contributed by atoms with van der Waals surface area (Å²) < 4.78 is 0. The van der Waals surface area contributed by atoms with E-state index in [9.17, 15) is 4.79 Å². The van der Waals surface area contributed by atoms with Crippen LogP contribution in [0, 0.1) is 5.92 Å². The maximum absolute atomic E-state index is 10.3. The average molecular weight is 154 g/mol. The molecule has 0 saturated carbocycles. The van der Waals surface area contributed by atoms with Crippen LogP contribution in [-0.4, -0.2) is 6.29 Å². The highest BCUT2D eigenvalue weighted by molar-refractivity contribution is 5.53. The summed E-state index contributed by atoms with van der Waals surface area (Å²) in [6.07, 6.45) is 6.34. The number of hydrogen-bond acceptors (Lipinski definition) is 1. The van der Waals surface area contributed by atoms with Crippen LogP contribution in [0.15, 0.2) is 11.6 Å². The smallest absolute Gasteiger partial charge is 0.123 e. The molecule has 0 N–H and O–H groups in total. The summed E-state index contributed by atoms with van der Waals surface area (Å²) in [6.45, 7) is 6.26. The molecule has 1 nitrogen and oxygen atoms in total. The molecular formula is C10H18O. The zero-order valence-corrected chi connectivity index (χ0v) is 7.76. The van der Waals surface area contributed by atoms with Gasteiger partial charge >= 0.3 is 0 Å². The quantitative estimate of drug-likeness (QED) is 0.439. The Morgan fingerprint density at radius 3 is 2.27 bits per heavy atom. The maximum Gasteiger partial charge on any atom is 0.123 e. The van der Waals surface area contributed by atoms with Crippen molar-refractivity contribution in [1.29, 1.82) is 0 Å². The van der Waals surface area contributed by atoms with Crippen molar-refractivity contribution in [3.05, 3.63) is 11.6 Å². The van der Waals surface area contributed by atoms with Crippen LogP contribution >= 0.6 is 0 Å². The van der Waals surface area contributed by atoms with Crippen LogP contribution in [0.4, 0.5) is 0 Å². The first kappa shape index (κ1) is 10.4. The first-order valence-corrected chi connectivity index (χ1v) is 4.37. The first-order valence-electron chi connectivity index (χ1n) is 4.37. The number of hydrogen-bond donors (Lipinski definition) is 0. The van der Waals surface area contributed by atoms with Gasteiger partial charge in [0.05, 0.1) is 0 Å². The van der Waals surface area contributed by atoms with E-state index in [-0.39, 0.29) is 5.92 Å². The number of allylic oxidation sites excluding steroid dienone is 2. The minimum atomic E-state index is 0.183. The highest BCUT2D eigenvalue weighted by atomic mass is 16.1. The third-order valence-electron chi connectivity index (χ3n) is 1.92. The van der Waals surface area contributed by atoms with Gasteiger partial charge in [-0.25, -0.2) is 0 Å². The van der Waals surface area contributed by atoms with Crippen LogP contribution in [0.1, 0.15) is 40.0 Å². The van der Waals surface area contributed by atoms with E-state index in [0.717, 1.165) is 25.5 Å². The fourth-order valence-electron chi connectivity index (χ4n) is 0.947. The van der Waals surface area contributed by atoms with E-state index in [4.69, 9.17) is 0 Å². The molecule has 1 heteroatoms. The molecule has 0 bridgehead atoms. The lowest BCUT2D eigenvalue weighted by molar-refractivity contribution is -0.110. The van der Waals surface area contributed by atoms with Gasteiger partial charge in [-0.2, -0.15) is 0 Å². The summed E-state index contributed by atoms with van der Waals surface area (Å²) in [5.41, 5.74) is 1.46. The Bertz CT molecular complexity index is 130. The van der Waals surface area contributed by atoms with Gasteiger partial charge in [0, 0.05) is 5.92 Å². The van der Waals surface area contributed by atoms with Crippen LogP contribution in [0.5, 0.6) is 0 Å². The molecule has 0 fully saturated rings. The van der Waals surface area contributed by atoms with E-state index < -0.39 is 0 Å². The number of carbonyl (C=O) groups excluding carboxylic acids is 1. The van der Waals surface area contributed by atoms with Crippen molar-refractivity contribution in [3.63, 3.8) is 0 Å². The van der Waals surface area contributed by atoms with Crippen molar-refractivity contribution in [2.24, 2.45) is 5.92 Å². The molecule has 0 rings (SSSR count). The Hall–Kier alpha value is -0.590. The Morgan fingerprint density at radius 1 is 1.36 bits per heavy atom. The van der Waals surface area contributed by atoms with Gasteiger partial charge in [-0.3, -0.25) is 0 Å². The van der Waals surface area contributed by atoms with Gasteiger partial charge in [-0.15, -0.1) is 0 Å². The molecule has 0 aromatic carbocycles. The van der Waals surface area contributed by atoms with Crippen molar-refractivity contribution in [2.45, 2.75) is 40.0 Å². The molecule has 0 aromatic rings. The van der Waals surface area contributed by atoms with Gasteiger partial charge in [-0.05, 0) is 19.3 Å². The van der Waals surface area contributed by atoms with Gasteiger partial charge in [-0.1, -0.05) is 32.4 Å². The minimum absolute atomic E-state index is 0.183. The van der Waals surface area contributed by atoms with E-state index in [0.29, 0.717) is 0 Å². The van der Waals surface area contributed by atoms with Crippen molar-refractivity contribution in [1.82, 2.24) is 0 Å². The van der Waals surface area contributed by atoms with E-state index in [1.807, 2.05) is 6.92 Å². The normalized spacial score (nSPS) is 12.3. The summed E-state index contributed by atoms with van der Waals surface area (Å²) in [6, 6.07) is 0. The molecule has 0 heterocycles. The van der Waals surface area contributed by atoms with Crippen molar-refractivity contribution in [2.75, 3.05) is 0 Å². The summed E-state index contributed by atoms with van der Waals surface area (Å²) in [5, 5.41) is 0. The fourth-order valence-corrected chi connectivity index (χ4v) is 0.947. The van der Waals surface area contributed by atoms with Crippen LogP contribution in [0.2, 0.25) is 0 Å². The zero-order valence-electron chi connectivity index (χ0n) is 7.76. The summed E-state index contributed by atoms with van der Waals surface area (Å²) in [5.74, 6) is 0.183. The fraction of sp³-hybridized carbons (Fsp3) is 0.700. The molecule has 1 unspecified atom stereocenters. The SMILES string of the molecule is CCC(=CCC(C)C=O)CC. The Kier molecular flexibility index (Phi) is 5.81. The number of aldehydes is 1. The van der Waals surface area contributed by atoms with E-state index in [1.54, 1.807) is 0 Å². The topological polar surface area (TPSA) is 17.1 Å². The molecule has 1 atom stereocenters. The van der Waals surface area contributed by atoms with Gasteiger partial charge < -0.3 is 4.79 Å². The number of carbonyl (C=O) groups is 1. The van der Waals surface area contributed by atoms with Gasteiger partial charge in [0.15, 0.2) is 0 Å². The van der Waals surface area contributed by atoms with Crippen molar-refractivity contribution < 1.29 is 4.79 Å².